The van der Waals surface area contributed by atoms with Crippen LogP contribution in [0.25, 0.3) is 6.08 Å². The van der Waals surface area contributed by atoms with Crippen molar-refractivity contribution >= 4 is 12.0 Å². The molecule has 1 aromatic rings. The summed E-state index contributed by atoms with van der Waals surface area (Å²) in [6.07, 6.45) is 35.7. The fourth-order valence-corrected chi connectivity index (χ4v) is 3.38. The average Bonchev–Trinajstić information content (AvgIpc) is 2.93. The molecule has 1 N–H and O–H groups in total. The van der Waals surface area contributed by atoms with Gasteiger partial charge in [0, 0.05) is 6.42 Å². The Balaban J connectivity index is 2.27. The monoisotopic (exact) mass is 546 g/mol. The lowest BCUT2D eigenvalue weighted by molar-refractivity contribution is -0.134. The molecule has 4 nitrogen and oxygen atoms in total. The zero-order valence-corrected chi connectivity index (χ0v) is 25.2. The summed E-state index contributed by atoms with van der Waals surface area (Å²) in [5.74, 6) is 0.572. The standard InChI is InChI=1S/C36H50O4/c1-6-7-8-9-10-11-12-13-14-15-16-17-18-19-20-21-22-23-24-25-35(38)40-32-28-26-31(30-33(32)39-5)27-29-34(37)36(2,3)4/h7-8,10-11,13-14,16-17,19-20,22-23,26-30,34,37H,6,9,12,15,18,21,24-25H2,1-5H3/b8-7-,11-10-,14-13-,17-16-,20-19-,23-22-,29-27+. The second kappa shape index (κ2) is 21.5. The van der Waals surface area contributed by atoms with Gasteiger partial charge in [-0.3, -0.25) is 4.79 Å². The number of esters is 1. The van der Waals surface area contributed by atoms with E-state index in [2.05, 4.69) is 73.8 Å². The quantitative estimate of drug-likeness (QED) is 0.113. The van der Waals surface area contributed by atoms with Gasteiger partial charge in [-0.15, -0.1) is 0 Å². The minimum atomic E-state index is -0.565. The number of rotatable bonds is 18. The molecular weight excluding hydrogens is 496 g/mol. The fraction of sp³-hybridized carbons (Fsp3) is 0.417. The molecular formula is C36H50O4. The van der Waals surface area contributed by atoms with Crippen molar-refractivity contribution in [1.82, 2.24) is 0 Å². The number of carbonyl (C=O) groups is 1. The van der Waals surface area contributed by atoms with E-state index in [1.54, 1.807) is 25.3 Å². The highest BCUT2D eigenvalue weighted by atomic mass is 16.6. The summed E-state index contributed by atoms with van der Waals surface area (Å²) >= 11 is 0. The van der Waals surface area contributed by atoms with Crippen LogP contribution in [-0.4, -0.2) is 24.3 Å². The maximum atomic E-state index is 12.3. The van der Waals surface area contributed by atoms with Gasteiger partial charge in [-0.2, -0.15) is 0 Å². The number of aliphatic hydroxyl groups excluding tert-OH is 1. The summed E-state index contributed by atoms with van der Waals surface area (Å²) in [4.78, 5) is 12.3. The number of benzene rings is 1. The fourth-order valence-electron chi connectivity index (χ4n) is 3.38. The van der Waals surface area contributed by atoms with Crippen LogP contribution in [0.2, 0.25) is 0 Å². The molecule has 0 aliphatic carbocycles. The number of ether oxygens (including phenoxy) is 2. The number of hydrogen-bond acceptors (Lipinski definition) is 4. The molecule has 0 fully saturated rings. The summed E-state index contributed by atoms with van der Waals surface area (Å²) in [7, 11) is 1.54. The number of carbonyl (C=O) groups excluding carboxylic acids is 1. The number of allylic oxidation sites excluding steroid dienone is 12. The van der Waals surface area contributed by atoms with Crippen LogP contribution in [0.15, 0.2) is 97.2 Å². The van der Waals surface area contributed by atoms with Crippen molar-refractivity contribution in [2.45, 2.75) is 85.2 Å². The lowest BCUT2D eigenvalue weighted by atomic mass is 9.89. The minimum absolute atomic E-state index is 0.237. The van der Waals surface area contributed by atoms with Gasteiger partial charge in [0.25, 0.3) is 0 Å². The van der Waals surface area contributed by atoms with Gasteiger partial charge >= 0.3 is 5.97 Å². The van der Waals surface area contributed by atoms with Gasteiger partial charge in [-0.1, -0.05) is 119 Å². The Morgan fingerprint density at radius 2 is 1.30 bits per heavy atom. The van der Waals surface area contributed by atoms with E-state index in [0.29, 0.717) is 24.3 Å². The summed E-state index contributed by atoms with van der Waals surface area (Å²) < 4.78 is 10.9. The molecule has 0 aromatic heterocycles. The zero-order chi connectivity index (χ0) is 29.5. The van der Waals surface area contributed by atoms with Crippen molar-refractivity contribution in [1.29, 1.82) is 0 Å². The Kier molecular flexibility index (Phi) is 18.6. The second-order valence-electron chi connectivity index (χ2n) is 10.5. The zero-order valence-electron chi connectivity index (χ0n) is 25.2. The first-order valence-electron chi connectivity index (χ1n) is 14.4. The molecule has 0 heterocycles. The molecule has 0 saturated carbocycles. The maximum absolute atomic E-state index is 12.3. The summed E-state index contributed by atoms with van der Waals surface area (Å²) in [5, 5.41) is 10.2. The highest BCUT2D eigenvalue weighted by molar-refractivity contribution is 5.73. The van der Waals surface area contributed by atoms with Crippen LogP contribution in [0.4, 0.5) is 0 Å². The van der Waals surface area contributed by atoms with Gasteiger partial charge in [0.05, 0.1) is 13.2 Å². The van der Waals surface area contributed by atoms with E-state index in [1.807, 2.05) is 39.0 Å². The molecule has 4 heteroatoms. The molecule has 1 atom stereocenters. The molecule has 0 radical (unpaired) electrons. The maximum Gasteiger partial charge on any atom is 0.311 e. The molecule has 0 amide bonds. The van der Waals surface area contributed by atoms with Crippen LogP contribution < -0.4 is 9.47 Å². The molecule has 0 aliphatic heterocycles. The van der Waals surface area contributed by atoms with Crippen LogP contribution in [0.5, 0.6) is 11.5 Å². The summed E-state index contributed by atoms with van der Waals surface area (Å²) in [6.45, 7) is 8.08. The van der Waals surface area contributed by atoms with Gasteiger partial charge < -0.3 is 14.6 Å². The van der Waals surface area contributed by atoms with Crippen LogP contribution >= 0.6 is 0 Å². The molecule has 0 aliphatic rings. The van der Waals surface area contributed by atoms with E-state index in [9.17, 15) is 9.90 Å². The molecule has 0 saturated heterocycles. The Hall–Kier alpha value is -3.37. The molecule has 0 bridgehead atoms. The molecule has 1 aromatic carbocycles. The third-order valence-electron chi connectivity index (χ3n) is 5.88. The summed E-state index contributed by atoms with van der Waals surface area (Å²) in [5.41, 5.74) is 0.622. The Bertz CT molecular complexity index is 1050. The van der Waals surface area contributed by atoms with Crippen LogP contribution in [0.1, 0.15) is 84.6 Å². The number of hydrogen-bond donors (Lipinski definition) is 1. The Labute approximate surface area is 243 Å². The van der Waals surface area contributed by atoms with Crippen molar-refractivity contribution in [3.05, 3.63) is 103 Å². The van der Waals surface area contributed by atoms with Crippen molar-refractivity contribution in [3.8, 4) is 11.5 Å². The normalized spacial score (nSPS) is 13.8. The first-order chi connectivity index (χ1) is 19.3. The third-order valence-corrected chi connectivity index (χ3v) is 5.88. The van der Waals surface area contributed by atoms with Crippen LogP contribution in [-0.2, 0) is 4.79 Å². The predicted molar refractivity (Wildman–Crippen MR) is 171 cm³/mol. The van der Waals surface area contributed by atoms with Crippen molar-refractivity contribution < 1.29 is 19.4 Å². The predicted octanol–water partition coefficient (Wildman–Crippen LogP) is 9.50. The minimum Gasteiger partial charge on any atom is -0.493 e. The van der Waals surface area contributed by atoms with Crippen molar-refractivity contribution in [2.75, 3.05) is 7.11 Å². The molecule has 1 rings (SSSR count). The van der Waals surface area contributed by atoms with E-state index in [4.69, 9.17) is 9.47 Å². The second-order valence-corrected chi connectivity index (χ2v) is 10.5. The van der Waals surface area contributed by atoms with E-state index in [1.165, 1.54) is 0 Å². The Morgan fingerprint density at radius 1 is 0.800 bits per heavy atom. The first kappa shape index (κ1) is 34.7. The highest BCUT2D eigenvalue weighted by Gasteiger charge is 2.19. The lowest BCUT2D eigenvalue weighted by Gasteiger charge is -2.22. The highest BCUT2D eigenvalue weighted by Crippen LogP contribution is 2.29. The van der Waals surface area contributed by atoms with E-state index in [-0.39, 0.29) is 11.4 Å². The smallest absolute Gasteiger partial charge is 0.311 e. The molecule has 218 valence electrons. The lowest BCUT2D eigenvalue weighted by Crippen LogP contribution is -2.23. The number of aliphatic hydroxyl groups is 1. The average molecular weight is 547 g/mol. The summed E-state index contributed by atoms with van der Waals surface area (Å²) in [6, 6.07) is 5.35. The van der Waals surface area contributed by atoms with E-state index < -0.39 is 6.10 Å². The first-order valence-corrected chi connectivity index (χ1v) is 14.4. The SMILES string of the molecule is CC/C=C\C/C=C\C/C=C\C/C=C\C/C=C\C/C=C\CCC(=O)Oc1ccc(/C=C/C(O)C(C)(C)C)cc1OC. The van der Waals surface area contributed by atoms with E-state index >= 15 is 0 Å². The van der Waals surface area contributed by atoms with E-state index in [0.717, 1.165) is 44.1 Å². The van der Waals surface area contributed by atoms with Crippen LogP contribution in [0, 0.1) is 5.41 Å². The molecule has 0 spiro atoms. The largest absolute Gasteiger partial charge is 0.493 e. The van der Waals surface area contributed by atoms with Crippen molar-refractivity contribution in [2.24, 2.45) is 5.41 Å². The third kappa shape index (κ3) is 17.3. The van der Waals surface area contributed by atoms with Crippen LogP contribution in [0.3, 0.4) is 0 Å². The topological polar surface area (TPSA) is 55.8 Å². The molecule has 40 heavy (non-hydrogen) atoms. The van der Waals surface area contributed by atoms with Gasteiger partial charge in [0.15, 0.2) is 11.5 Å². The molecule has 1 unspecified atom stereocenters. The van der Waals surface area contributed by atoms with Gasteiger partial charge in [-0.05, 0) is 68.1 Å². The van der Waals surface area contributed by atoms with Gasteiger partial charge in [-0.25, -0.2) is 0 Å². The van der Waals surface area contributed by atoms with Gasteiger partial charge in [0.2, 0.25) is 0 Å². The van der Waals surface area contributed by atoms with Gasteiger partial charge in [0.1, 0.15) is 0 Å². The Morgan fingerprint density at radius 3 is 1.77 bits per heavy atom. The van der Waals surface area contributed by atoms with Crippen molar-refractivity contribution in [3.63, 3.8) is 0 Å². The number of methoxy groups -OCH3 is 1.